The molecule has 1 aliphatic heterocycles. The van der Waals surface area contributed by atoms with Crippen molar-refractivity contribution >= 4 is 28.7 Å². The van der Waals surface area contributed by atoms with Crippen molar-refractivity contribution in [2.24, 2.45) is 0 Å². The van der Waals surface area contributed by atoms with E-state index in [-0.39, 0.29) is 18.1 Å². The highest BCUT2D eigenvalue weighted by Crippen LogP contribution is 2.28. The molecule has 2 heterocycles. The van der Waals surface area contributed by atoms with E-state index in [2.05, 4.69) is 11.4 Å². The average molecular weight is 362 g/mol. The lowest BCUT2D eigenvalue weighted by atomic mass is 9.94. The predicted octanol–water partition coefficient (Wildman–Crippen LogP) is 3.71. The van der Waals surface area contributed by atoms with Crippen molar-refractivity contribution in [2.45, 2.75) is 12.8 Å². The number of ketones is 1. The van der Waals surface area contributed by atoms with Gasteiger partial charge < -0.3 is 11.1 Å². The maximum absolute atomic E-state index is 12.8. The van der Waals surface area contributed by atoms with Crippen LogP contribution in [-0.4, -0.2) is 18.2 Å². The summed E-state index contributed by atoms with van der Waals surface area (Å²) in [6.45, 7) is 0.610. The molecule has 3 aromatic rings. The number of fused-ring (bicyclic) bond motifs is 1. The molecule has 0 bridgehead atoms. The zero-order chi connectivity index (χ0) is 18.1. The van der Waals surface area contributed by atoms with Gasteiger partial charge in [0.25, 0.3) is 5.91 Å². The number of carbonyl (C=O) groups excluding carboxylic acids is 2. The minimum atomic E-state index is -0.0712. The summed E-state index contributed by atoms with van der Waals surface area (Å²) in [6.07, 6.45) is 0.994. The van der Waals surface area contributed by atoms with E-state index in [9.17, 15) is 9.59 Å². The van der Waals surface area contributed by atoms with Crippen molar-refractivity contribution in [3.05, 3.63) is 76.2 Å². The topological polar surface area (TPSA) is 72.2 Å². The summed E-state index contributed by atoms with van der Waals surface area (Å²) in [6, 6.07) is 15.2. The summed E-state index contributed by atoms with van der Waals surface area (Å²) in [4.78, 5) is 25.8. The maximum Gasteiger partial charge on any atom is 0.251 e. The first-order valence-corrected chi connectivity index (χ1v) is 9.36. The number of hydrogen-bond acceptors (Lipinski definition) is 4. The Bertz CT molecular complexity index is 993. The molecule has 0 saturated heterocycles. The summed E-state index contributed by atoms with van der Waals surface area (Å²) < 4.78 is 0. The van der Waals surface area contributed by atoms with Gasteiger partial charge in [-0.25, -0.2) is 0 Å². The van der Waals surface area contributed by atoms with E-state index in [1.165, 1.54) is 0 Å². The Balaban J connectivity index is 1.60. The monoisotopic (exact) mass is 362 g/mol. The normalized spacial score (nSPS) is 13.2. The SMILES string of the molecule is Nc1ccc(-c2cccs2)cc1CC(=O)c1ccc2c(c1)CCNC2=O. The van der Waals surface area contributed by atoms with Gasteiger partial charge in [-0.1, -0.05) is 18.2 Å². The number of hydrogen-bond donors (Lipinski definition) is 2. The molecule has 0 unspecified atom stereocenters. The predicted molar refractivity (Wildman–Crippen MR) is 105 cm³/mol. The van der Waals surface area contributed by atoms with E-state index in [1.807, 2.05) is 35.7 Å². The first-order valence-electron chi connectivity index (χ1n) is 8.48. The van der Waals surface area contributed by atoms with Crippen molar-refractivity contribution < 1.29 is 9.59 Å². The lowest BCUT2D eigenvalue weighted by Crippen LogP contribution is -2.31. The average Bonchev–Trinajstić information content (AvgIpc) is 3.18. The van der Waals surface area contributed by atoms with Gasteiger partial charge in [0.1, 0.15) is 0 Å². The van der Waals surface area contributed by atoms with Gasteiger partial charge in [-0.05, 0) is 58.8 Å². The third kappa shape index (κ3) is 3.13. The second-order valence-electron chi connectivity index (χ2n) is 6.37. The van der Waals surface area contributed by atoms with Gasteiger partial charge in [0, 0.05) is 34.7 Å². The lowest BCUT2D eigenvalue weighted by Gasteiger charge is -2.17. The molecular weight excluding hydrogens is 344 g/mol. The molecule has 3 N–H and O–H groups in total. The molecule has 4 rings (SSSR count). The third-order valence-corrected chi connectivity index (χ3v) is 5.57. The van der Waals surface area contributed by atoms with Crippen LogP contribution in [0.4, 0.5) is 5.69 Å². The Labute approximate surface area is 155 Å². The number of nitrogen functional groups attached to an aromatic ring is 1. The Morgan fingerprint density at radius 1 is 1.15 bits per heavy atom. The summed E-state index contributed by atoms with van der Waals surface area (Å²) in [5.41, 5.74) is 10.8. The number of amides is 1. The Hall–Kier alpha value is -2.92. The quantitative estimate of drug-likeness (QED) is 0.549. The van der Waals surface area contributed by atoms with Crippen LogP contribution in [0.2, 0.25) is 0 Å². The number of Topliss-reactive ketones (excluding diaryl/α,β-unsaturated/α-hetero) is 1. The first kappa shape index (κ1) is 16.5. The molecule has 2 aromatic carbocycles. The number of anilines is 1. The van der Waals surface area contributed by atoms with Crippen molar-refractivity contribution in [1.29, 1.82) is 0 Å². The highest BCUT2D eigenvalue weighted by molar-refractivity contribution is 7.13. The molecular formula is C21H18N2O2S. The fourth-order valence-corrected chi connectivity index (χ4v) is 3.96. The number of nitrogens with two attached hydrogens (primary N) is 1. The largest absolute Gasteiger partial charge is 0.398 e. The summed E-state index contributed by atoms with van der Waals surface area (Å²) in [7, 11) is 0. The highest BCUT2D eigenvalue weighted by Gasteiger charge is 2.19. The Kier molecular flexibility index (Phi) is 4.31. The standard InChI is InChI=1S/C21H18N2O2S/c22-18-6-4-15(20-2-1-9-26-20)11-16(18)12-19(24)14-3-5-17-13(10-14)7-8-23-21(17)25/h1-6,9-11H,7-8,12,22H2,(H,23,25). The Morgan fingerprint density at radius 3 is 2.85 bits per heavy atom. The summed E-state index contributed by atoms with van der Waals surface area (Å²) in [5.74, 6) is -0.0630. The fraction of sp³-hybridized carbons (Fsp3) is 0.143. The van der Waals surface area contributed by atoms with Crippen LogP contribution in [0.1, 0.15) is 31.8 Å². The molecule has 26 heavy (non-hydrogen) atoms. The van der Waals surface area contributed by atoms with Crippen LogP contribution in [0.5, 0.6) is 0 Å². The van der Waals surface area contributed by atoms with Gasteiger partial charge in [0.15, 0.2) is 5.78 Å². The van der Waals surface area contributed by atoms with Crippen LogP contribution in [0.15, 0.2) is 53.9 Å². The minimum absolute atomic E-state index is 0.00816. The zero-order valence-electron chi connectivity index (χ0n) is 14.1. The van der Waals surface area contributed by atoms with Crippen molar-refractivity contribution in [1.82, 2.24) is 5.32 Å². The molecule has 0 fully saturated rings. The lowest BCUT2D eigenvalue weighted by molar-refractivity contribution is 0.0942. The second-order valence-corrected chi connectivity index (χ2v) is 7.32. The van der Waals surface area contributed by atoms with E-state index in [1.54, 1.807) is 23.5 Å². The first-order chi connectivity index (χ1) is 12.6. The van der Waals surface area contributed by atoms with Crippen LogP contribution in [0.3, 0.4) is 0 Å². The molecule has 4 nitrogen and oxygen atoms in total. The van der Waals surface area contributed by atoms with Gasteiger partial charge in [0.05, 0.1) is 0 Å². The zero-order valence-corrected chi connectivity index (χ0v) is 14.9. The van der Waals surface area contributed by atoms with Crippen LogP contribution < -0.4 is 11.1 Å². The number of thiophene rings is 1. The van der Waals surface area contributed by atoms with Crippen LogP contribution in [0, 0.1) is 0 Å². The summed E-state index contributed by atoms with van der Waals surface area (Å²) in [5, 5.41) is 4.84. The molecule has 0 atom stereocenters. The molecule has 0 saturated carbocycles. The third-order valence-electron chi connectivity index (χ3n) is 4.65. The molecule has 0 spiro atoms. The number of nitrogens with one attached hydrogen (secondary N) is 1. The van der Waals surface area contributed by atoms with Crippen LogP contribution in [0.25, 0.3) is 10.4 Å². The van der Waals surface area contributed by atoms with Gasteiger partial charge in [-0.2, -0.15) is 0 Å². The number of carbonyl (C=O) groups is 2. The van der Waals surface area contributed by atoms with E-state index in [0.717, 1.165) is 28.0 Å². The van der Waals surface area contributed by atoms with E-state index < -0.39 is 0 Å². The molecule has 0 radical (unpaired) electrons. The van der Waals surface area contributed by atoms with Gasteiger partial charge in [0.2, 0.25) is 0 Å². The number of rotatable bonds is 4. The van der Waals surface area contributed by atoms with E-state index >= 15 is 0 Å². The molecule has 5 heteroatoms. The van der Waals surface area contributed by atoms with Crippen LogP contribution in [-0.2, 0) is 12.8 Å². The van der Waals surface area contributed by atoms with E-state index in [0.29, 0.717) is 23.4 Å². The second kappa shape index (κ2) is 6.77. The van der Waals surface area contributed by atoms with Gasteiger partial charge in [-0.3, -0.25) is 9.59 Å². The summed E-state index contributed by atoms with van der Waals surface area (Å²) >= 11 is 1.66. The van der Waals surface area contributed by atoms with Gasteiger partial charge >= 0.3 is 0 Å². The van der Waals surface area contributed by atoms with Crippen molar-refractivity contribution in [3.63, 3.8) is 0 Å². The maximum atomic E-state index is 12.8. The highest BCUT2D eigenvalue weighted by atomic mass is 32.1. The Morgan fingerprint density at radius 2 is 2.04 bits per heavy atom. The van der Waals surface area contributed by atoms with Crippen molar-refractivity contribution in [2.75, 3.05) is 12.3 Å². The van der Waals surface area contributed by atoms with Crippen molar-refractivity contribution in [3.8, 4) is 10.4 Å². The van der Waals surface area contributed by atoms with Crippen LogP contribution >= 0.6 is 11.3 Å². The molecule has 1 aromatic heterocycles. The molecule has 130 valence electrons. The van der Waals surface area contributed by atoms with E-state index in [4.69, 9.17) is 5.73 Å². The molecule has 0 aliphatic carbocycles. The minimum Gasteiger partial charge on any atom is -0.398 e. The number of benzene rings is 2. The molecule has 1 aliphatic rings. The van der Waals surface area contributed by atoms with Gasteiger partial charge in [-0.15, -0.1) is 11.3 Å². The molecule has 1 amide bonds. The fourth-order valence-electron chi connectivity index (χ4n) is 3.23. The smallest absolute Gasteiger partial charge is 0.251 e.